The molecule has 0 atom stereocenters. The van der Waals surface area contributed by atoms with Crippen LogP contribution in [0.3, 0.4) is 0 Å². The van der Waals surface area contributed by atoms with Crippen molar-refractivity contribution in [3.05, 3.63) is 72.3 Å². The maximum absolute atomic E-state index is 11.9. The number of nitrogens with zero attached hydrogens (tertiary/aromatic N) is 7. The Morgan fingerprint density at radius 1 is 0.976 bits per heavy atom. The van der Waals surface area contributed by atoms with Gasteiger partial charge in [-0.25, -0.2) is 24.3 Å². The molecule has 10 heteroatoms. The van der Waals surface area contributed by atoms with Crippen molar-refractivity contribution in [1.29, 1.82) is 0 Å². The van der Waals surface area contributed by atoms with Crippen molar-refractivity contribution in [2.24, 2.45) is 0 Å². The third-order valence-corrected chi connectivity index (χ3v) is 8.67. The lowest BCUT2D eigenvalue weighted by Gasteiger charge is -2.45. The number of benzene rings is 2. The zero-order valence-electron chi connectivity index (χ0n) is 23.2. The van der Waals surface area contributed by atoms with E-state index in [4.69, 9.17) is 20.4 Å². The first-order chi connectivity index (χ1) is 20.0. The van der Waals surface area contributed by atoms with Gasteiger partial charge >= 0.3 is 6.09 Å². The van der Waals surface area contributed by atoms with Crippen molar-refractivity contribution in [2.75, 3.05) is 39.0 Å². The Hall–Kier alpha value is -4.57. The molecule has 10 nitrogen and oxygen atoms in total. The van der Waals surface area contributed by atoms with Crippen LogP contribution in [0.15, 0.2) is 60.9 Å². The number of imidazole rings is 1. The Balaban J connectivity index is 1.20. The summed E-state index contributed by atoms with van der Waals surface area (Å²) in [5.41, 5.74) is 13.0. The van der Waals surface area contributed by atoms with Crippen LogP contribution in [0, 0.1) is 6.92 Å². The van der Waals surface area contributed by atoms with E-state index < -0.39 is 0 Å². The fourth-order valence-electron chi connectivity index (χ4n) is 6.28. The van der Waals surface area contributed by atoms with E-state index in [0.29, 0.717) is 24.9 Å². The summed E-state index contributed by atoms with van der Waals surface area (Å²) in [6.45, 7) is 5.18. The predicted molar refractivity (Wildman–Crippen MR) is 157 cm³/mol. The third kappa shape index (κ3) is 4.35. The number of piperazine rings is 1. The van der Waals surface area contributed by atoms with Crippen LogP contribution in [-0.4, -0.2) is 79.8 Å². The van der Waals surface area contributed by atoms with E-state index in [0.717, 1.165) is 76.3 Å². The van der Waals surface area contributed by atoms with Crippen molar-refractivity contribution >= 4 is 28.3 Å². The van der Waals surface area contributed by atoms with Crippen LogP contribution in [0.25, 0.3) is 38.9 Å². The molecule has 7 rings (SSSR count). The van der Waals surface area contributed by atoms with Crippen LogP contribution in [-0.2, 0) is 4.74 Å². The molecule has 3 aromatic heterocycles. The van der Waals surface area contributed by atoms with Crippen LogP contribution in [0.2, 0.25) is 0 Å². The lowest BCUT2D eigenvalue weighted by Crippen LogP contribution is -2.54. The Morgan fingerprint density at radius 3 is 2.49 bits per heavy atom. The SMILES string of the molecule is COC(=O)N1CCN(C2CC(c3nc(-c4ccc5ccc(-c6ccccc6)nc5c4C)c4c(N)ncnn34)C2)CC1. The zero-order chi connectivity index (χ0) is 28.1. The number of pyridine rings is 1. The Kier molecular flexibility index (Phi) is 6.27. The van der Waals surface area contributed by atoms with E-state index in [2.05, 4.69) is 58.3 Å². The second kappa shape index (κ2) is 10.1. The van der Waals surface area contributed by atoms with E-state index >= 15 is 0 Å². The van der Waals surface area contributed by atoms with Gasteiger partial charge in [-0.15, -0.1) is 0 Å². The van der Waals surface area contributed by atoms with Crippen molar-refractivity contribution < 1.29 is 9.53 Å². The predicted octanol–water partition coefficient (Wildman–Crippen LogP) is 4.53. The van der Waals surface area contributed by atoms with Crippen molar-refractivity contribution in [3.8, 4) is 22.5 Å². The number of aromatic nitrogens is 5. The number of aryl methyl sites for hydroxylation is 1. The van der Waals surface area contributed by atoms with Crippen molar-refractivity contribution in [3.63, 3.8) is 0 Å². The minimum Gasteiger partial charge on any atom is -0.453 e. The van der Waals surface area contributed by atoms with Crippen LogP contribution < -0.4 is 5.73 Å². The highest BCUT2D eigenvalue weighted by molar-refractivity contribution is 5.94. The number of nitrogens with two attached hydrogens (primary N) is 1. The second-order valence-electron chi connectivity index (χ2n) is 10.9. The standard InChI is InChI=1S/C31H32N8O2/c1-19-24(10-8-21-9-11-25(35-26(19)21)20-6-4-3-5-7-20)27-28-29(32)33-18-34-39(28)30(36-27)22-16-23(17-22)37-12-14-38(15-13-37)31(40)41-2/h3-11,18,22-23H,12-17H2,1-2H3,(H2,32,33,34). The number of rotatable bonds is 4. The molecule has 2 aliphatic rings. The lowest BCUT2D eigenvalue weighted by molar-refractivity contribution is 0.0444. The third-order valence-electron chi connectivity index (χ3n) is 8.67. The zero-order valence-corrected chi connectivity index (χ0v) is 23.2. The minimum absolute atomic E-state index is 0.250. The second-order valence-corrected chi connectivity index (χ2v) is 10.9. The monoisotopic (exact) mass is 548 g/mol. The summed E-state index contributed by atoms with van der Waals surface area (Å²) in [5, 5.41) is 5.67. The molecule has 208 valence electrons. The van der Waals surface area contributed by atoms with Gasteiger partial charge in [0.05, 0.1) is 18.3 Å². The molecule has 1 aliphatic heterocycles. The molecule has 41 heavy (non-hydrogen) atoms. The van der Waals surface area contributed by atoms with Gasteiger partial charge in [-0.1, -0.05) is 48.5 Å². The Bertz CT molecular complexity index is 1760. The van der Waals surface area contributed by atoms with Crippen molar-refractivity contribution in [1.82, 2.24) is 34.4 Å². The Morgan fingerprint density at radius 2 is 1.73 bits per heavy atom. The summed E-state index contributed by atoms with van der Waals surface area (Å²) < 4.78 is 6.76. The number of nitrogen functional groups attached to an aromatic ring is 1. The number of carbonyl (C=O) groups excluding carboxylic acids is 1. The smallest absolute Gasteiger partial charge is 0.409 e. The number of amides is 1. The quantitative estimate of drug-likeness (QED) is 0.349. The largest absolute Gasteiger partial charge is 0.453 e. The van der Waals surface area contributed by atoms with Crippen LogP contribution >= 0.6 is 0 Å². The number of ether oxygens (including phenoxy) is 1. The number of hydrogen-bond acceptors (Lipinski definition) is 8. The number of methoxy groups -OCH3 is 1. The maximum Gasteiger partial charge on any atom is 0.409 e. The van der Waals surface area contributed by atoms with E-state index in [1.54, 1.807) is 4.90 Å². The number of carbonyl (C=O) groups is 1. The maximum atomic E-state index is 11.9. The fraction of sp³-hybridized carbons (Fsp3) is 0.323. The lowest BCUT2D eigenvalue weighted by atomic mass is 9.78. The summed E-state index contributed by atoms with van der Waals surface area (Å²) in [5.74, 6) is 1.59. The van der Waals surface area contributed by atoms with E-state index in [-0.39, 0.29) is 12.0 Å². The van der Waals surface area contributed by atoms with Gasteiger partial charge in [0, 0.05) is 54.7 Å². The molecule has 0 spiro atoms. The summed E-state index contributed by atoms with van der Waals surface area (Å²) in [6.07, 6.45) is 3.22. The van der Waals surface area contributed by atoms with E-state index in [1.165, 1.54) is 13.4 Å². The molecule has 0 bridgehead atoms. The minimum atomic E-state index is -0.250. The van der Waals surface area contributed by atoms with Gasteiger partial charge in [-0.2, -0.15) is 5.10 Å². The highest BCUT2D eigenvalue weighted by Crippen LogP contribution is 2.42. The topological polar surface area (TPSA) is 115 Å². The summed E-state index contributed by atoms with van der Waals surface area (Å²) in [7, 11) is 1.43. The molecule has 2 aromatic carbocycles. The molecule has 0 radical (unpaired) electrons. The fourth-order valence-corrected chi connectivity index (χ4v) is 6.28. The van der Waals surface area contributed by atoms with Crippen molar-refractivity contribution in [2.45, 2.75) is 31.7 Å². The first-order valence-corrected chi connectivity index (χ1v) is 14.0. The van der Waals surface area contributed by atoms with Crippen LogP contribution in [0.5, 0.6) is 0 Å². The molecule has 1 saturated heterocycles. The van der Waals surface area contributed by atoms with Gasteiger partial charge in [-0.3, -0.25) is 4.90 Å². The average molecular weight is 549 g/mol. The van der Waals surface area contributed by atoms with Crippen LogP contribution in [0.1, 0.15) is 30.1 Å². The van der Waals surface area contributed by atoms with E-state index in [1.807, 2.05) is 22.7 Å². The molecule has 2 fully saturated rings. The van der Waals surface area contributed by atoms with Gasteiger partial charge in [0.1, 0.15) is 23.4 Å². The van der Waals surface area contributed by atoms with Crippen LogP contribution in [0.4, 0.5) is 10.6 Å². The molecule has 1 saturated carbocycles. The number of anilines is 1. The van der Waals surface area contributed by atoms with Gasteiger partial charge < -0.3 is 15.4 Å². The first kappa shape index (κ1) is 25.4. The first-order valence-electron chi connectivity index (χ1n) is 14.0. The summed E-state index contributed by atoms with van der Waals surface area (Å²) in [4.78, 5) is 30.6. The normalized spacial score (nSPS) is 19.4. The highest BCUT2D eigenvalue weighted by atomic mass is 16.5. The molecule has 1 aliphatic carbocycles. The van der Waals surface area contributed by atoms with Gasteiger partial charge in [-0.05, 0) is 31.4 Å². The highest BCUT2D eigenvalue weighted by Gasteiger charge is 2.39. The van der Waals surface area contributed by atoms with Gasteiger partial charge in [0.25, 0.3) is 0 Å². The number of hydrogen-bond donors (Lipinski definition) is 1. The summed E-state index contributed by atoms with van der Waals surface area (Å²) >= 11 is 0. The molecule has 2 N–H and O–H groups in total. The molecular formula is C31H32N8O2. The number of fused-ring (bicyclic) bond motifs is 2. The molecule has 4 heterocycles. The Labute approximate surface area is 237 Å². The molecule has 1 amide bonds. The molecule has 0 unspecified atom stereocenters. The molecular weight excluding hydrogens is 516 g/mol. The van der Waals surface area contributed by atoms with Gasteiger partial charge in [0.2, 0.25) is 0 Å². The van der Waals surface area contributed by atoms with E-state index in [9.17, 15) is 4.79 Å². The molecule has 5 aromatic rings. The average Bonchev–Trinajstić information content (AvgIpc) is 3.37. The van der Waals surface area contributed by atoms with Gasteiger partial charge in [0.15, 0.2) is 5.82 Å². The summed E-state index contributed by atoms with van der Waals surface area (Å²) in [6, 6.07) is 19.1.